The summed E-state index contributed by atoms with van der Waals surface area (Å²) in [5, 5.41) is 8.65. The zero-order valence-corrected chi connectivity index (χ0v) is 15.1. The first-order valence-electron chi connectivity index (χ1n) is 8.85. The Morgan fingerprint density at radius 1 is 1.27 bits per heavy atom. The maximum atomic E-state index is 5.94. The number of fused-ring (bicyclic) bond motifs is 1. The summed E-state index contributed by atoms with van der Waals surface area (Å²) in [5.74, 6) is 1.83. The number of methoxy groups -OCH3 is 1. The molecule has 0 amide bonds. The molecule has 7 nitrogen and oxygen atoms in total. The fourth-order valence-corrected chi connectivity index (χ4v) is 3.53. The van der Waals surface area contributed by atoms with Gasteiger partial charge in [0.2, 0.25) is 0 Å². The minimum Gasteiger partial charge on any atom is -0.492 e. The SMILES string of the molecule is CO[C@@H]1C[C@@H](c2nnc3cnccn23)N(CCOc2cccc(C)c2)C1. The van der Waals surface area contributed by atoms with E-state index in [0.29, 0.717) is 6.61 Å². The van der Waals surface area contributed by atoms with Crippen LogP contribution in [0.1, 0.15) is 23.9 Å². The van der Waals surface area contributed by atoms with E-state index in [1.54, 1.807) is 19.5 Å². The molecule has 1 aliphatic heterocycles. The number of hydrogen-bond acceptors (Lipinski definition) is 6. The second kappa shape index (κ2) is 7.39. The van der Waals surface area contributed by atoms with E-state index in [1.807, 2.05) is 22.7 Å². The van der Waals surface area contributed by atoms with Gasteiger partial charge in [0.05, 0.1) is 18.3 Å². The molecule has 1 saturated heterocycles. The van der Waals surface area contributed by atoms with Gasteiger partial charge in [-0.15, -0.1) is 10.2 Å². The molecule has 1 fully saturated rings. The number of aryl methyl sites for hydroxylation is 1. The molecule has 136 valence electrons. The lowest BCUT2D eigenvalue weighted by molar-refractivity contribution is 0.105. The van der Waals surface area contributed by atoms with Gasteiger partial charge in [-0.1, -0.05) is 12.1 Å². The molecule has 0 N–H and O–H groups in total. The van der Waals surface area contributed by atoms with Gasteiger partial charge in [0.25, 0.3) is 0 Å². The molecule has 3 aromatic rings. The molecule has 0 bridgehead atoms. The molecule has 1 aromatic carbocycles. The first kappa shape index (κ1) is 16.9. The number of likely N-dealkylation sites (tertiary alicyclic amines) is 1. The molecule has 0 saturated carbocycles. The second-order valence-corrected chi connectivity index (χ2v) is 6.63. The van der Waals surface area contributed by atoms with Gasteiger partial charge < -0.3 is 9.47 Å². The standard InChI is InChI=1S/C19H23N5O2/c1-14-4-3-5-15(10-14)26-9-8-23-13-16(25-2)11-17(23)19-22-21-18-12-20-6-7-24(18)19/h3-7,10,12,16-17H,8-9,11,13H2,1-2H3/t16-,17+/m1/s1. The van der Waals surface area contributed by atoms with Crippen LogP contribution in [0.4, 0.5) is 0 Å². The van der Waals surface area contributed by atoms with E-state index in [4.69, 9.17) is 9.47 Å². The average Bonchev–Trinajstić information content (AvgIpc) is 3.25. The predicted octanol–water partition coefficient (Wildman–Crippen LogP) is 2.27. The van der Waals surface area contributed by atoms with Gasteiger partial charge in [-0.25, -0.2) is 0 Å². The van der Waals surface area contributed by atoms with Crippen LogP contribution in [0, 0.1) is 6.92 Å². The number of aromatic nitrogens is 4. The van der Waals surface area contributed by atoms with Crippen LogP contribution in [0.25, 0.3) is 5.65 Å². The molecule has 7 heteroatoms. The Bertz CT molecular complexity index is 881. The van der Waals surface area contributed by atoms with E-state index in [-0.39, 0.29) is 12.1 Å². The Morgan fingerprint density at radius 2 is 2.19 bits per heavy atom. The Kier molecular flexibility index (Phi) is 4.81. The Hall–Kier alpha value is -2.51. The van der Waals surface area contributed by atoms with E-state index < -0.39 is 0 Å². The van der Waals surface area contributed by atoms with Crippen LogP contribution < -0.4 is 4.74 Å². The summed E-state index contributed by atoms with van der Waals surface area (Å²) in [6.45, 7) is 4.35. The van der Waals surface area contributed by atoms with Crippen molar-refractivity contribution in [2.75, 3.05) is 26.8 Å². The summed E-state index contributed by atoms with van der Waals surface area (Å²) in [5.41, 5.74) is 1.96. The molecule has 2 atom stereocenters. The van der Waals surface area contributed by atoms with Crippen LogP contribution >= 0.6 is 0 Å². The van der Waals surface area contributed by atoms with Gasteiger partial charge in [0.15, 0.2) is 11.5 Å². The van der Waals surface area contributed by atoms with Crippen molar-refractivity contribution in [3.63, 3.8) is 0 Å². The van der Waals surface area contributed by atoms with Crippen molar-refractivity contribution in [3.05, 3.63) is 54.2 Å². The highest BCUT2D eigenvalue weighted by Crippen LogP contribution is 2.32. The molecule has 1 aliphatic rings. The molecule has 0 unspecified atom stereocenters. The number of hydrogen-bond donors (Lipinski definition) is 0. The third-order valence-electron chi connectivity index (χ3n) is 4.87. The van der Waals surface area contributed by atoms with Gasteiger partial charge >= 0.3 is 0 Å². The minimum absolute atomic E-state index is 0.151. The van der Waals surface area contributed by atoms with Crippen molar-refractivity contribution >= 4 is 5.65 Å². The molecular weight excluding hydrogens is 330 g/mol. The normalized spacial score (nSPS) is 20.7. The first-order valence-corrected chi connectivity index (χ1v) is 8.85. The molecule has 0 spiro atoms. The summed E-state index contributed by atoms with van der Waals surface area (Å²) in [4.78, 5) is 6.47. The van der Waals surface area contributed by atoms with Crippen molar-refractivity contribution in [1.82, 2.24) is 24.5 Å². The van der Waals surface area contributed by atoms with Crippen LogP contribution in [0.5, 0.6) is 5.75 Å². The fourth-order valence-electron chi connectivity index (χ4n) is 3.53. The molecule has 0 radical (unpaired) electrons. The van der Waals surface area contributed by atoms with Crippen LogP contribution in [0.2, 0.25) is 0 Å². The fraction of sp³-hybridized carbons (Fsp3) is 0.421. The van der Waals surface area contributed by atoms with Crippen LogP contribution in [0.3, 0.4) is 0 Å². The molecule has 0 aliphatic carbocycles. The van der Waals surface area contributed by atoms with E-state index in [9.17, 15) is 0 Å². The predicted molar refractivity (Wildman–Crippen MR) is 97.2 cm³/mol. The number of ether oxygens (including phenoxy) is 2. The monoisotopic (exact) mass is 353 g/mol. The third-order valence-corrected chi connectivity index (χ3v) is 4.87. The van der Waals surface area contributed by atoms with E-state index in [0.717, 1.165) is 36.7 Å². The Balaban J connectivity index is 1.48. The highest BCUT2D eigenvalue weighted by atomic mass is 16.5. The molecular formula is C19H23N5O2. The Labute approximate surface area is 152 Å². The number of rotatable bonds is 6. The van der Waals surface area contributed by atoms with Crippen molar-refractivity contribution in [2.24, 2.45) is 0 Å². The van der Waals surface area contributed by atoms with Gasteiger partial charge in [-0.05, 0) is 31.0 Å². The highest BCUT2D eigenvalue weighted by Gasteiger charge is 2.35. The van der Waals surface area contributed by atoms with Gasteiger partial charge in [-0.3, -0.25) is 14.3 Å². The highest BCUT2D eigenvalue weighted by molar-refractivity contribution is 5.34. The van der Waals surface area contributed by atoms with Gasteiger partial charge in [0.1, 0.15) is 12.4 Å². The minimum atomic E-state index is 0.151. The van der Waals surface area contributed by atoms with Gasteiger partial charge in [-0.2, -0.15) is 0 Å². The smallest absolute Gasteiger partial charge is 0.179 e. The van der Waals surface area contributed by atoms with Crippen LogP contribution in [0.15, 0.2) is 42.9 Å². The van der Waals surface area contributed by atoms with Crippen molar-refractivity contribution < 1.29 is 9.47 Å². The van der Waals surface area contributed by atoms with Gasteiger partial charge in [0, 0.05) is 32.6 Å². The van der Waals surface area contributed by atoms with E-state index in [2.05, 4.69) is 39.1 Å². The molecule has 4 rings (SSSR count). The topological polar surface area (TPSA) is 64.8 Å². The summed E-state index contributed by atoms with van der Waals surface area (Å²) in [6, 6.07) is 8.28. The average molecular weight is 353 g/mol. The van der Waals surface area contributed by atoms with Crippen molar-refractivity contribution in [1.29, 1.82) is 0 Å². The molecule has 2 aromatic heterocycles. The second-order valence-electron chi connectivity index (χ2n) is 6.63. The summed E-state index contributed by atoms with van der Waals surface area (Å²) in [6.07, 6.45) is 6.47. The maximum Gasteiger partial charge on any atom is 0.179 e. The van der Waals surface area contributed by atoms with Crippen molar-refractivity contribution in [3.8, 4) is 5.75 Å². The molecule has 3 heterocycles. The summed E-state index contributed by atoms with van der Waals surface area (Å²) >= 11 is 0. The summed E-state index contributed by atoms with van der Waals surface area (Å²) < 4.78 is 13.5. The lowest BCUT2D eigenvalue weighted by Crippen LogP contribution is -2.30. The Morgan fingerprint density at radius 3 is 3.04 bits per heavy atom. The van der Waals surface area contributed by atoms with E-state index >= 15 is 0 Å². The zero-order valence-electron chi connectivity index (χ0n) is 15.1. The lowest BCUT2D eigenvalue weighted by atomic mass is 10.2. The molecule has 26 heavy (non-hydrogen) atoms. The largest absolute Gasteiger partial charge is 0.492 e. The number of nitrogens with zero attached hydrogens (tertiary/aromatic N) is 5. The van der Waals surface area contributed by atoms with E-state index in [1.165, 1.54) is 5.56 Å². The zero-order chi connectivity index (χ0) is 17.9. The van der Waals surface area contributed by atoms with Crippen LogP contribution in [-0.4, -0.2) is 57.4 Å². The number of benzene rings is 1. The first-order chi connectivity index (χ1) is 12.7. The lowest BCUT2D eigenvalue weighted by Gasteiger charge is -2.22. The third kappa shape index (κ3) is 3.40. The quantitative estimate of drug-likeness (QED) is 0.677. The maximum absolute atomic E-state index is 5.94. The summed E-state index contributed by atoms with van der Waals surface area (Å²) in [7, 11) is 1.76. The van der Waals surface area contributed by atoms with Crippen molar-refractivity contribution in [2.45, 2.75) is 25.5 Å². The van der Waals surface area contributed by atoms with Crippen LogP contribution in [-0.2, 0) is 4.74 Å².